The Bertz CT molecular complexity index is 1420. The van der Waals surface area contributed by atoms with Crippen LogP contribution in [0.3, 0.4) is 0 Å². The summed E-state index contributed by atoms with van der Waals surface area (Å²) in [5.74, 6) is -0.508. The standard InChI is InChI=1S/C34H46N4O5Si/c1-22(43-44(7,8)34(2,3)4)27-29-24-17-14-18-25(36(5)33(41)37(6)26-19-12-13-20-35-26)28(24)30(38(29)31(27)39)32(40)42-21-23-15-10-9-11-16-23/h9-13,15-16,19-20,22,24-25,27,29H,14,17-18,21H2,1-8H3/t22?,24-,25-,27+,29+/m0/s1. The van der Waals surface area contributed by atoms with Crippen LogP contribution in [0, 0.1) is 11.8 Å². The maximum absolute atomic E-state index is 14.0. The van der Waals surface area contributed by atoms with Crippen LogP contribution in [-0.2, 0) is 25.4 Å². The van der Waals surface area contributed by atoms with Crippen molar-refractivity contribution < 1.29 is 23.5 Å². The molecule has 3 heterocycles. The topological polar surface area (TPSA) is 92.3 Å². The number of likely N-dealkylation sites (N-methyl/N-ethyl adjacent to an activating group) is 1. The number of aromatic nitrogens is 1. The maximum atomic E-state index is 14.0. The number of nitrogens with zero attached hydrogens (tertiary/aromatic N) is 4. The van der Waals surface area contributed by atoms with Crippen LogP contribution in [0.4, 0.5) is 10.6 Å². The molecule has 236 valence electrons. The Labute approximate surface area is 262 Å². The van der Waals surface area contributed by atoms with E-state index in [9.17, 15) is 14.4 Å². The molecule has 3 aliphatic rings. The van der Waals surface area contributed by atoms with Gasteiger partial charge in [0.05, 0.1) is 24.1 Å². The number of hydrogen-bond donors (Lipinski definition) is 0. The van der Waals surface area contributed by atoms with Gasteiger partial charge >= 0.3 is 12.0 Å². The molecule has 1 saturated carbocycles. The van der Waals surface area contributed by atoms with Crippen LogP contribution in [-0.4, -0.2) is 73.3 Å². The lowest BCUT2D eigenvalue weighted by Gasteiger charge is -2.51. The second-order valence-electron chi connectivity index (χ2n) is 13.9. The lowest BCUT2D eigenvalue weighted by Crippen LogP contribution is -2.65. The molecule has 0 bridgehead atoms. The van der Waals surface area contributed by atoms with Crippen LogP contribution in [0.1, 0.15) is 52.5 Å². The normalized spacial score (nSPS) is 23.8. The molecule has 0 radical (unpaired) electrons. The van der Waals surface area contributed by atoms with Gasteiger partial charge in [-0.1, -0.05) is 63.6 Å². The molecule has 5 rings (SSSR count). The highest BCUT2D eigenvalue weighted by molar-refractivity contribution is 6.74. The van der Waals surface area contributed by atoms with Gasteiger partial charge in [0.1, 0.15) is 18.1 Å². The number of carbonyl (C=O) groups excluding carboxylic acids is 3. The second-order valence-corrected chi connectivity index (χ2v) is 18.6. The summed E-state index contributed by atoms with van der Waals surface area (Å²) in [4.78, 5) is 50.9. The predicted molar refractivity (Wildman–Crippen MR) is 172 cm³/mol. The predicted octanol–water partition coefficient (Wildman–Crippen LogP) is 5.99. The largest absolute Gasteiger partial charge is 0.456 e. The number of carbonyl (C=O) groups is 3. The van der Waals surface area contributed by atoms with Crippen LogP contribution in [0.15, 0.2) is 66.0 Å². The van der Waals surface area contributed by atoms with Crippen molar-refractivity contribution in [2.75, 3.05) is 19.0 Å². The van der Waals surface area contributed by atoms with E-state index in [1.54, 1.807) is 42.2 Å². The number of rotatable bonds is 8. The summed E-state index contributed by atoms with van der Waals surface area (Å²) in [6, 6.07) is 14.2. The summed E-state index contributed by atoms with van der Waals surface area (Å²) in [5, 5.41) is -0.00211. The van der Waals surface area contributed by atoms with Crippen LogP contribution in [0.2, 0.25) is 18.1 Å². The van der Waals surface area contributed by atoms with Crippen LogP contribution in [0.25, 0.3) is 0 Å². The summed E-state index contributed by atoms with van der Waals surface area (Å²) >= 11 is 0. The highest BCUT2D eigenvalue weighted by atomic mass is 28.4. The molecule has 1 aromatic heterocycles. The van der Waals surface area contributed by atoms with Crippen molar-refractivity contribution in [2.24, 2.45) is 11.8 Å². The third kappa shape index (κ3) is 5.69. The van der Waals surface area contributed by atoms with Gasteiger partial charge in [-0.15, -0.1) is 0 Å². The minimum Gasteiger partial charge on any atom is -0.456 e. The number of β-lactam (4-membered cyclic amide) rings is 1. The second kappa shape index (κ2) is 12.1. The Balaban J connectivity index is 1.47. The van der Waals surface area contributed by atoms with Crippen molar-refractivity contribution in [3.05, 3.63) is 71.6 Å². The van der Waals surface area contributed by atoms with Crippen molar-refractivity contribution in [1.82, 2.24) is 14.8 Å². The molecule has 1 unspecified atom stereocenters. The van der Waals surface area contributed by atoms with Gasteiger partial charge in [0.25, 0.3) is 0 Å². The number of hydrogen-bond acceptors (Lipinski definition) is 6. The van der Waals surface area contributed by atoms with E-state index in [-0.39, 0.29) is 53.6 Å². The van der Waals surface area contributed by atoms with Gasteiger partial charge in [-0.25, -0.2) is 14.6 Å². The van der Waals surface area contributed by atoms with E-state index >= 15 is 0 Å². The molecule has 1 aromatic carbocycles. The molecule has 2 fully saturated rings. The highest BCUT2D eigenvalue weighted by Gasteiger charge is 2.63. The van der Waals surface area contributed by atoms with Gasteiger partial charge in [0.15, 0.2) is 8.32 Å². The fourth-order valence-electron chi connectivity index (χ4n) is 6.76. The van der Waals surface area contributed by atoms with Crippen molar-refractivity contribution in [2.45, 2.75) is 89.9 Å². The molecular formula is C34H46N4O5Si. The molecule has 0 N–H and O–H groups in total. The first-order chi connectivity index (χ1) is 20.7. The Morgan fingerprint density at radius 2 is 1.75 bits per heavy atom. The smallest absolute Gasteiger partial charge is 0.355 e. The first kappa shape index (κ1) is 31.9. The van der Waals surface area contributed by atoms with Gasteiger partial charge in [0.2, 0.25) is 5.91 Å². The minimum absolute atomic E-state index is 0.00211. The SMILES string of the molecule is CC(O[Si](C)(C)C(C)(C)C)[C@H]1C(=O)N2C(C(=O)OCc3ccccc3)=C3[C@H](CCC[C@@H]3N(C)C(=O)N(C)c3ccccn3)[C@H]12. The van der Waals surface area contributed by atoms with E-state index in [0.717, 1.165) is 24.0 Å². The minimum atomic E-state index is -2.15. The number of ether oxygens (including phenoxy) is 1. The zero-order chi connectivity index (χ0) is 32.0. The lowest BCUT2D eigenvalue weighted by molar-refractivity contribution is -0.164. The highest BCUT2D eigenvalue weighted by Crippen LogP contribution is 2.54. The van der Waals surface area contributed by atoms with E-state index in [1.165, 1.54) is 4.90 Å². The zero-order valence-corrected chi connectivity index (χ0v) is 28.2. The van der Waals surface area contributed by atoms with Gasteiger partial charge in [-0.05, 0) is 61.2 Å². The van der Waals surface area contributed by atoms with Crippen LogP contribution >= 0.6 is 0 Å². The Hall–Kier alpha value is -3.50. The van der Waals surface area contributed by atoms with E-state index < -0.39 is 14.3 Å². The molecule has 3 amide bonds. The molecule has 0 spiro atoms. The summed E-state index contributed by atoms with van der Waals surface area (Å²) < 4.78 is 12.6. The Kier molecular flexibility index (Phi) is 8.79. The summed E-state index contributed by atoms with van der Waals surface area (Å²) in [6.07, 6.45) is 3.76. The number of urea groups is 1. The van der Waals surface area contributed by atoms with Gasteiger partial charge in [-0.2, -0.15) is 0 Å². The fourth-order valence-corrected chi connectivity index (χ4v) is 8.19. The molecular weight excluding hydrogens is 572 g/mol. The molecule has 1 saturated heterocycles. The third-order valence-electron chi connectivity index (χ3n) is 10.1. The van der Waals surface area contributed by atoms with E-state index in [0.29, 0.717) is 17.9 Å². The zero-order valence-electron chi connectivity index (χ0n) is 27.2. The fraction of sp³-hybridized carbons (Fsp3) is 0.529. The van der Waals surface area contributed by atoms with Crippen molar-refractivity contribution in [3.63, 3.8) is 0 Å². The van der Waals surface area contributed by atoms with Gasteiger partial charge in [0, 0.05) is 26.2 Å². The average molecular weight is 619 g/mol. The Morgan fingerprint density at radius 1 is 1.07 bits per heavy atom. The van der Waals surface area contributed by atoms with Crippen molar-refractivity contribution in [1.29, 1.82) is 0 Å². The molecule has 1 aliphatic carbocycles. The molecule has 2 aliphatic heterocycles. The number of fused-ring (bicyclic) bond motifs is 3. The number of pyridine rings is 1. The van der Waals surface area contributed by atoms with Crippen LogP contribution in [0.5, 0.6) is 0 Å². The first-order valence-corrected chi connectivity index (χ1v) is 18.5. The number of amides is 3. The average Bonchev–Trinajstić information content (AvgIpc) is 3.29. The molecule has 2 aromatic rings. The van der Waals surface area contributed by atoms with E-state index in [2.05, 4.69) is 38.8 Å². The summed E-state index contributed by atoms with van der Waals surface area (Å²) in [5.41, 5.74) is 2.01. The van der Waals surface area contributed by atoms with E-state index in [4.69, 9.17) is 9.16 Å². The number of anilines is 1. The monoisotopic (exact) mass is 618 g/mol. The molecule has 44 heavy (non-hydrogen) atoms. The van der Waals surface area contributed by atoms with Crippen molar-refractivity contribution in [3.8, 4) is 0 Å². The maximum Gasteiger partial charge on any atom is 0.355 e. The van der Waals surface area contributed by atoms with E-state index in [1.807, 2.05) is 43.3 Å². The van der Waals surface area contributed by atoms with Crippen LogP contribution < -0.4 is 4.90 Å². The lowest BCUT2D eigenvalue weighted by atomic mass is 9.71. The molecule has 9 nitrogen and oxygen atoms in total. The number of esters is 1. The Morgan fingerprint density at radius 3 is 2.39 bits per heavy atom. The van der Waals surface area contributed by atoms with Crippen molar-refractivity contribution >= 4 is 32.0 Å². The first-order valence-electron chi connectivity index (χ1n) is 15.6. The summed E-state index contributed by atoms with van der Waals surface area (Å²) in [7, 11) is 1.32. The number of benzene rings is 1. The molecule has 10 heteroatoms. The summed E-state index contributed by atoms with van der Waals surface area (Å²) in [6.45, 7) is 13.1. The van der Waals surface area contributed by atoms with Gasteiger partial charge in [-0.3, -0.25) is 9.69 Å². The third-order valence-corrected chi connectivity index (χ3v) is 14.7. The van der Waals surface area contributed by atoms with Gasteiger partial charge < -0.3 is 19.0 Å². The quantitative estimate of drug-likeness (QED) is 0.205. The molecule has 5 atom stereocenters.